The summed E-state index contributed by atoms with van der Waals surface area (Å²) in [5.41, 5.74) is 5.21. The van der Waals surface area contributed by atoms with E-state index >= 15 is 0 Å². The summed E-state index contributed by atoms with van der Waals surface area (Å²) >= 11 is 1.40. The summed E-state index contributed by atoms with van der Waals surface area (Å²) in [6, 6.07) is -0.792. The summed E-state index contributed by atoms with van der Waals surface area (Å²) in [4.78, 5) is 10.2. The van der Waals surface area contributed by atoms with E-state index in [1.54, 1.807) is 6.08 Å². The minimum absolute atomic E-state index is 0.389. The Hall–Kier alpha value is -0.480. The van der Waals surface area contributed by atoms with Crippen molar-refractivity contribution in [2.45, 2.75) is 6.04 Å². The summed E-state index contributed by atoms with van der Waals surface area (Å²) < 4.78 is 6.63. The minimum Gasteiger partial charge on any atom is -0.480 e. The molecule has 0 aliphatic rings. The third kappa shape index (κ3) is 4.40. The highest BCUT2D eigenvalue weighted by Gasteiger charge is 2.09. The first-order valence-corrected chi connectivity index (χ1v) is 3.93. The fourth-order valence-corrected chi connectivity index (χ4v) is 1.00. The molecule has 3 N–H and O–H groups in total. The fraction of sp³-hybridized carbons (Fsp3) is 0.500. The molecule has 0 aromatic rings. The molecule has 0 aliphatic heterocycles. The van der Waals surface area contributed by atoms with Gasteiger partial charge in [0.05, 0.1) is 1.37 Å². The molecule has 0 saturated carbocycles. The first-order valence-electron chi connectivity index (χ1n) is 3.35. The van der Waals surface area contributed by atoms with E-state index in [0.717, 1.165) is 0 Å². The molecule has 58 valence electrons. The van der Waals surface area contributed by atoms with Crippen LogP contribution in [0.2, 0.25) is 0 Å². The highest BCUT2D eigenvalue weighted by molar-refractivity contribution is 7.99. The van der Waals surface area contributed by atoms with Gasteiger partial charge in [0.1, 0.15) is 6.04 Å². The molecule has 0 rings (SSSR count). The van der Waals surface area contributed by atoms with Gasteiger partial charge in [-0.2, -0.15) is 11.8 Å². The summed E-state index contributed by atoms with van der Waals surface area (Å²) in [5, 5.41) is 8.35. The molecule has 3 nitrogen and oxygen atoms in total. The van der Waals surface area contributed by atoms with Gasteiger partial charge in [0.2, 0.25) is 0 Å². The van der Waals surface area contributed by atoms with Crippen LogP contribution in [-0.4, -0.2) is 28.6 Å². The molecular formula is C6H11NO2S. The number of nitrogens with two attached hydrogens (primary N) is 1. The molecule has 0 heterocycles. The van der Waals surface area contributed by atoms with E-state index < -0.39 is 12.0 Å². The van der Waals surface area contributed by atoms with Crippen molar-refractivity contribution >= 4 is 17.7 Å². The van der Waals surface area contributed by atoms with Gasteiger partial charge in [0.25, 0.3) is 0 Å². The molecular weight excluding hydrogens is 150 g/mol. The zero-order chi connectivity index (χ0) is 8.69. The lowest BCUT2D eigenvalue weighted by Crippen LogP contribution is -2.32. The van der Waals surface area contributed by atoms with Crippen molar-refractivity contribution in [3.05, 3.63) is 12.6 Å². The zero-order valence-corrected chi connectivity index (χ0v) is 6.30. The van der Waals surface area contributed by atoms with E-state index in [4.69, 9.17) is 12.2 Å². The lowest BCUT2D eigenvalue weighted by Gasteiger charge is -2.02. The summed E-state index contributed by atoms with van der Waals surface area (Å²) in [6.07, 6.45) is 1.64. The molecule has 0 bridgehead atoms. The van der Waals surface area contributed by atoms with E-state index in [2.05, 4.69) is 0 Å². The summed E-state index contributed by atoms with van der Waals surface area (Å²) in [7, 11) is 0. The Bertz CT molecular complexity index is 152. The number of hydrogen-bond donors (Lipinski definition) is 2. The topological polar surface area (TPSA) is 63.3 Å². The van der Waals surface area contributed by atoms with E-state index in [1.807, 2.05) is 0 Å². The van der Waals surface area contributed by atoms with Crippen molar-refractivity contribution in [2.75, 3.05) is 11.5 Å². The standard InChI is InChI=1S/C6H11NO2S/c1-2-3-10-4-5(7)6(8)9/h2,5H,1,3-4,7H2,(H,8,9)/t5-/m0/s1/i1D. The summed E-state index contributed by atoms with van der Waals surface area (Å²) in [5.74, 6) is 0.0526. The fourth-order valence-electron chi connectivity index (χ4n) is 0.334. The Morgan fingerprint density at radius 1 is 2.10 bits per heavy atom. The van der Waals surface area contributed by atoms with Gasteiger partial charge >= 0.3 is 5.97 Å². The van der Waals surface area contributed by atoms with Crippen LogP contribution in [0, 0.1) is 0 Å². The van der Waals surface area contributed by atoms with Gasteiger partial charge in [-0.15, -0.1) is 6.55 Å². The van der Waals surface area contributed by atoms with Gasteiger partial charge in [-0.3, -0.25) is 4.79 Å². The monoisotopic (exact) mass is 162 g/mol. The van der Waals surface area contributed by atoms with E-state index in [0.29, 0.717) is 11.5 Å². The maximum Gasteiger partial charge on any atom is 0.321 e. The second kappa shape index (κ2) is 5.32. The lowest BCUT2D eigenvalue weighted by atomic mass is 10.4. The lowest BCUT2D eigenvalue weighted by molar-refractivity contribution is -0.137. The van der Waals surface area contributed by atoms with Gasteiger partial charge in [-0.1, -0.05) is 6.08 Å². The highest BCUT2D eigenvalue weighted by Crippen LogP contribution is 2.00. The molecule has 0 unspecified atom stereocenters. The van der Waals surface area contributed by atoms with Crippen LogP contribution in [0.15, 0.2) is 12.6 Å². The zero-order valence-electron chi connectivity index (χ0n) is 6.49. The van der Waals surface area contributed by atoms with Crippen LogP contribution in [0.1, 0.15) is 1.37 Å². The Balaban J connectivity index is 3.31. The van der Waals surface area contributed by atoms with Crippen molar-refractivity contribution in [3.8, 4) is 0 Å². The van der Waals surface area contributed by atoms with Crippen LogP contribution in [-0.2, 0) is 4.79 Å². The number of carboxylic acid groups (broad SMARTS) is 1. The maximum atomic E-state index is 10.2. The van der Waals surface area contributed by atoms with Gasteiger partial charge in [0.15, 0.2) is 0 Å². The molecule has 0 fully saturated rings. The molecule has 4 heteroatoms. The number of carboxylic acids is 1. The molecule has 0 aromatic carbocycles. The molecule has 0 aliphatic carbocycles. The number of hydrogen-bond acceptors (Lipinski definition) is 3. The quantitative estimate of drug-likeness (QED) is 0.451. The largest absolute Gasteiger partial charge is 0.480 e. The van der Waals surface area contributed by atoms with E-state index in [-0.39, 0.29) is 0 Å². The average Bonchev–Trinajstić information content (AvgIpc) is 1.97. The van der Waals surface area contributed by atoms with Gasteiger partial charge in [-0.05, 0) is 0 Å². The summed E-state index contributed by atoms with van der Waals surface area (Å²) in [6.45, 7) is 1.18. The van der Waals surface area contributed by atoms with Gasteiger partial charge in [-0.25, -0.2) is 0 Å². The number of carbonyl (C=O) groups is 1. The molecule has 0 spiro atoms. The number of rotatable bonds is 5. The molecule has 0 aromatic heterocycles. The van der Waals surface area contributed by atoms with Gasteiger partial charge < -0.3 is 10.8 Å². The van der Waals surface area contributed by atoms with Crippen LogP contribution < -0.4 is 5.73 Å². The maximum absolute atomic E-state index is 10.2. The van der Waals surface area contributed by atoms with Crippen LogP contribution in [0.5, 0.6) is 0 Å². The molecule has 10 heavy (non-hydrogen) atoms. The van der Waals surface area contributed by atoms with Crippen molar-refractivity contribution < 1.29 is 11.3 Å². The van der Waals surface area contributed by atoms with Crippen LogP contribution in [0.4, 0.5) is 0 Å². The van der Waals surface area contributed by atoms with Gasteiger partial charge in [0, 0.05) is 11.5 Å². The molecule has 0 radical (unpaired) electrons. The smallest absolute Gasteiger partial charge is 0.321 e. The molecule has 1 atom stereocenters. The van der Waals surface area contributed by atoms with Crippen molar-refractivity contribution in [1.82, 2.24) is 0 Å². The van der Waals surface area contributed by atoms with Crippen molar-refractivity contribution in [1.29, 1.82) is 0 Å². The molecule has 0 amide bonds. The SMILES string of the molecule is [2H]C=CCSC[C@H](N)C(=O)O. The van der Waals surface area contributed by atoms with Crippen molar-refractivity contribution in [3.63, 3.8) is 0 Å². The van der Waals surface area contributed by atoms with Crippen LogP contribution in [0.25, 0.3) is 0 Å². The second-order valence-corrected chi connectivity index (χ2v) is 2.79. The Kier molecular flexibility index (Phi) is 4.05. The predicted octanol–water partition coefficient (Wildman–Crippen LogP) is 0.318. The highest BCUT2D eigenvalue weighted by atomic mass is 32.2. The Labute approximate surface area is 65.7 Å². The van der Waals surface area contributed by atoms with Crippen LogP contribution in [0.3, 0.4) is 0 Å². The number of thioether (sulfide) groups is 1. The normalized spacial score (nSPS) is 15.1. The Morgan fingerprint density at radius 3 is 3.30 bits per heavy atom. The Morgan fingerprint density at radius 2 is 2.80 bits per heavy atom. The molecule has 0 saturated heterocycles. The first kappa shape index (κ1) is 7.63. The minimum atomic E-state index is -0.979. The number of aliphatic carboxylic acids is 1. The van der Waals surface area contributed by atoms with Crippen LogP contribution >= 0.6 is 11.8 Å². The first-order chi connectivity index (χ1) is 5.18. The van der Waals surface area contributed by atoms with E-state index in [9.17, 15) is 4.79 Å². The second-order valence-electron chi connectivity index (χ2n) is 1.72. The van der Waals surface area contributed by atoms with Crippen molar-refractivity contribution in [2.24, 2.45) is 5.73 Å². The average molecular weight is 162 g/mol. The third-order valence-corrected chi connectivity index (χ3v) is 1.85. The predicted molar refractivity (Wildman–Crippen MR) is 43.1 cm³/mol. The third-order valence-electron chi connectivity index (χ3n) is 0.829. The van der Waals surface area contributed by atoms with E-state index in [1.165, 1.54) is 18.3 Å².